The monoisotopic (exact) mass is 274 g/mol. The number of hydrogen-bond donors (Lipinski definition) is 1. The molecule has 0 spiro atoms. The highest BCUT2D eigenvalue weighted by Gasteiger charge is 2.21. The zero-order valence-corrected chi connectivity index (χ0v) is 13.4. The molecule has 0 amide bonds. The summed E-state index contributed by atoms with van der Waals surface area (Å²) in [4.78, 5) is 2.57. The van der Waals surface area contributed by atoms with E-state index in [2.05, 4.69) is 55.4 Å². The smallest absolute Gasteiger partial charge is 0.0319 e. The first-order chi connectivity index (χ1) is 9.72. The zero-order valence-electron chi connectivity index (χ0n) is 13.4. The first-order valence-corrected chi connectivity index (χ1v) is 8.24. The molecule has 1 N–H and O–H groups in total. The van der Waals surface area contributed by atoms with E-state index in [1.807, 2.05) is 0 Å². The van der Waals surface area contributed by atoms with Gasteiger partial charge in [0, 0.05) is 12.1 Å². The minimum Gasteiger partial charge on any atom is -0.317 e. The molecule has 2 rings (SSSR count). The quantitative estimate of drug-likeness (QED) is 0.879. The van der Waals surface area contributed by atoms with Gasteiger partial charge in [-0.15, -0.1) is 0 Å². The maximum Gasteiger partial charge on any atom is 0.0319 e. The van der Waals surface area contributed by atoms with E-state index < -0.39 is 0 Å². The number of nitrogens with zero attached hydrogens (tertiary/aromatic N) is 1. The van der Waals surface area contributed by atoms with E-state index in [1.54, 1.807) is 0 Å². The SMILES string of the molecule is CCCc1ccc(C(C)N(C)C2CCCNCC2)cc1. The summed E-state index contributed by atoms with van der Waals surface area (Å²) < 4.78 is 0. The van der Waals surface area contributed by atoms with Crippen LogP contribution in [0, 0.1) is 0 Å². The summed E-state index contributed by atoms with van der Waals surface area (Å²) in [5, 5.41) is 3.51. The third kappa shape index (κ3) is 4.07. The van der Waals surface area contributed by atoms with Crippen LogP contribution >= 0.6 is 0 Å². The van der Waals surface area contributed by atoms with Gasteiger partial charge >= 0.3 is 0 Å². The van der Waals surface area contributed by atoms with Crippen LogP contribution in [-0.4, -0.2) is 31.1 Å². The van der Waals surface area contributed by atoms with Crippen molar-refractivity contribution in [1.29, 1.82) is 0 Å². The molecule has 20 heavy (non-hydrogen) atoms. The largest absolute Gasteiger partial charge is 0.317 e. The van der Waals surface area contributed by atoms with Gasteiger partial charge in [-0.05, 0) is 63.9 Å². The molecule has 1 aliphatic rings. The van der Waals surface area contributed by atoms with Gasteiger partial charge < -0.3 is 5.32 Å². The average Bonchev–Trinajstić information content (AvgIpc) is 2.76. The van der Waals surface area contributed by atoms with Crippen molar-refractivity contribution in [3.05, 3.63) is 35.4 Å². The first-order valence-electron chi connectivity index (χ1n) is 8.24. The molecule has 1 fully saturated rings. The second-order valence-corrected chi connectivity index (χ2v) is 6.17. The Labute approximate surface area is 124 Å². The Morgan fingerprint density at radius 2 is 1.95 bits per heavy atom. The van der Waals surface area contributed by atoms with Gasteiger partial charge in [-0.25, -0.2) is 0 Å². The molecule has 2 atom stereocenters. The number of nitrogens with one attached hydrogen (secondary N) is 1. The highest BCUT2D eigenvalue weighted by molar-refractivity contribution is 5.25. The number of aryl methyl sites for hydroxylation is 1. The standard InChI is InChI=1S/C18H30N2/c1-4-6-16-8-10-17(11-9-16)15(2)20(3)18-7-5-13-19-14-12-18/h8-11,15,18-19H,4-7,12-14H2,1-3H3. The summed E-state index contributed by atoms with van der Waals surface area (Å²) in [5.41, 5.74) is 2.91. The third-order valence-corrected chi connectivity index (χ3v) is 4.73. The van der Waals surface area contributed by atoms with E-state index in [9.17, 15) is 0 Å². The van der Waals surface area contributed by atoms with Crippen LogP contribution in [0.2, 0.25) is 0 Å². The van der Waals surface area contributed by atoms with Crippen molar-refractivity contribution >= 4 is 0 Å². The number of benzene rings is 1. The van der Waals surface area contributed by atoms with Crippen LogP contribution < -0.4 is 5.32 Å². The Hall–Kier alpha value is -0.860. The van der Waals surface area contributed by atoms with E-state index in [1.165, 1.54) is 49.8 Å². The Kier molecular flexibility index (Phi) is 6.06. The fourth-order valence-corrected chi connectivity index (χ4v) is 3.21. The topological polar surface area (TPSA) is 15.3 Å². The van der Waals surface area contributed by atoms with Crippen LogP contribution in [0.4, 0.5) is 0 Å². The van der Waals surface area contributed by atoms with Crippen LogP contribution in [0.25, 0.3) is 0 Å². The summed E-state index contributed by atoms with van der Waals surface area (Å²) in [7, 11) is 2.29. The Balaban J connectivity index is 1.99. The van der Waals surface area contributed by atoms with Crippen molar-refractivity contribution in [2.75, 3.05) is 20.1 Å². The maximum absolute atomic E-state index is 3.51. The van der Waals surface area contributed by atoms with E-state index >= 15 is 0 Å². The molecule has 0 bridgehead atoms. The predicted molar refractivity (Wildman–Crippen MR) is 87.1 cm³/mol. The predicted octanol–water partition coefficient (Wildman–Crippen LogP) is 3.77. The van der Waals surface area contributed by atoms with E-state index in [0.29, 0.717) is 6.04 Å². The normalized spacial score (nSPS) is 21.7. The van der Waals surface area contributed by atoms with Crippen LogP contribution in [0.5, 0.6) is 0 Å². The second-order valence-electron chi connectivity index (χ2n) is 6.17. The summed E-state index contributed by atoms with van der Waals surface area (Å²) in [6.07, 6.45) is 6.32. The van der Waals surface area contributed by atoms with Crippen LogP contribution in [0.3, 0.4) is 0 Å². The fraction of sp³-hybridized carbons (Fsp3) is 0.667. The van der Waals surface area contributed by atoms with Gasteiger partial charge in [0.2, 0.25) is 0 Å². The molecule has 0 radical (unpaired) electrons. The fourth-order valence-electron chi connectivity index (χ4n) is 3.21. The van der Waals surface area contributed by atoms with Crippen LogP contribution in [0.1, 0.15) is 56.7 Å². The minimum absolute atomic E-state index is 0.508. The van der Waals surface area contributed by atoms with Gasteiger partial charge in [-0.3, -0.25) is 4.90 Å². The molecular formula is C18H30N2. The molecule has 1 aromatic carbocycles. The number of hydrogen-bond acceptors (Lipinski definition) is 2. The molecule has 112 valence electrons. The Morgan fingerprint density at radius 3 is 2.65 bits per heavy atom. The van der Waals surface area contributed by atoms with Crippen LogP contribution in [0.15, 0.2) is 24.3 Å². The van der Waals surface area contributed by atoms with E-state index in [4.69, 9.17) is 0 Å². The summed E-state index contributed by atoms with van der Waals surface area (Å²) in [5.74, 6) is 0. The van der Waals surface area contributed by atoms with Crippen molar-refractivity contribution in [3.8, 4) is 0 Å². The number of rotatable bonds is 5. The van der Waals surface area contributed by atoms with Gasteiger partial charge in [0.25, 0.3) is 0 Å². The van der Waals surface area contributed by atoms with Crippen molar-refractivity contribution in [3.63, 3.8) is 0 Å². The third-order valence-electron chi connectivity index (χ3n) is 4.73. The lowest BCUT2D eigenvalue weighted by Crippen LogP contribution is -2.34. The highest BCUT2D eigenvalue weighted by Crippen LogP contribution is 2.25. The minimum atomic E-state index is 0.508. The van der Waals surface area contributed by atoms with E-state index in [0.717, 1.165) is 12.6 Å². The maximum atomic E-state index is 3.51. The van der Waals surface area contributed by atoms with Crippen molar-refractivity contribution in [2.45, 2.75) is 58.0 Å². The van der Waals surface area contributed by atoms with Crippen LogP contribution in [-0.2, 0) is 6.42 Å². The molecule has 2 unspecified atom stereocenters. The first kappa shape index (κ1) is 15.5. The average molecular weight is 274 g/mol. The van der Waals surface area contributed by atoms with Gasteiger partial charge in [-0.2, -0.15) is 0 Å². The lowest BCUT2D eigenvalue weighted by molar-refractivity contribution is 0.171. The molecule has 2 nitrogen and oxygen atoms in total. The molecule has 2 heteroatoms. The molecule has 1 aliphatic heterocycles. The molecule has 0 aliphatic carbocycles. The Morgan fingerprint density at radius 1 is 1.20 bits per heavy atom. The van der Waals surface area contributed by atoms with Crippen molar-refractivity contribution < 1.29 is 0 Å². The highest BCUT2D eigenvalue weighted by atomic mass is 15.2. The summed E-state index contributed by atoms with van der Waals surface area (Å²) >= 11 is 0. The van der Waals surface area contributed by atoms with Gasteiger partial charge in [0.1, 0.15) is 0 Å². The summed E-state index contributed by atoms with van der Waals surface area (Å²) in [6.45, 7) is 6.93. The molecule has 1 heterocycles. The van der Waals surface area contributed by atoms with Gasteiger partial charge in [-0.1, -0.05) is 37.6 Å². The zero-order chi connectivity index (χ0) is 14.4. The lowest BCUT2D eigenvalue weighted by Gasteiger charge is -2.33. The van der Waals surface area contributed by atoms with Gasteiger partial charge in [0.15, 0.2) is 0 Å². The molecule has 1 saturated heterocycles. The van der Waals surface area contributed by atoms with E-state index in [-0.39, 0.29) is 0 Å². The molecular weight excluding hydrogens is 244 g/mol. The molecule has 0 aromatic heterocycles. The lowest BCUT2D eigenvalue weighted by atomic mass is 10.00. The van der Waals surface area contributed by atoms with Gasteiger partial charge in [0.05, 0.1) is 0 Å². The molecule has 1 aromatic rings. The Bertz CT molecular complexity index is 377. The summed E-state index contributed by atoms with van der Waals surface area (Å²) in [6, 6.07) is 10.5. The molecule has 0 saturated carbocycles. The van der Waals surface area contributed by atoms with Crippen molar-refractivity contribution in [1.82, 2.24) is 10.2 Å². The van der Waals surface area contributed by atoms with Crippen molar-refractivity contribution in [2.24, 2.45) is 0 Å². The second kappa shape index (κ2) is 7.80.